The minimum atomic E-state index is -2.50. The molecule has 2 fully saturated rings. The van der Waals surface area contributed by atoms with Gasteiger partial charge in [0, 0.05) is 13.0 Å². The SMILES string of the molecule is COc1cc(/C=C/C(=O)O[C@H]2[C@H](O)[C@@H](COC(C)=O)O[C@@]2(CO)O[C@H]2O[C@H](COC(=O)c3ccccc3)[C@@H](O)[C@H](O)[C@H]2O)cc(OC)c1O. The molecule has 0 bridgehead atoms. The van der Waals surface area contributed by atoms with E-state index in [1.54, 1.807) is 18.2 Å². The molecule has 2 aromatic rings. The number of aromatic hydroxyl groups is 1. The largest absolute Gasteiger partial charge is 0.502 e. The van der Waals surface area contributed by atoms with Crippen molar-refractivity contribution in [1.82, 2.24) is 0 Å². The number of hydrogen-bond donors (Lipinski definition) is 6. The number of ether oxygens (including phenoxy) is 8. The van der Waals surface area contributed by atoms with Gasteiger partial charge in [-0.3, -0.25) is 4.79 Å². The molecule has 2 saturated heterocycles. The van der Waals surface area contributed by atoms with E-state index in [9.17, 15) is 45.0 Å². The van der Waals surface area contributed by atoms with Crippen molar-refractivity contribution in [2.45, 2.75) is 61.7 Å². The average Bonchev–Trinajstić information content (AvgIpc) is 3.36. The lowest BCUT2D eigenvalue weighted by molar-refractivity contribution is -0.383. The van der Waals surface area contributed by atoms with Gasteiger partial charge in [0.2, 0.25) is 11.5 Å². The molecule has 0 unspecified atom stereocenters. The molecule has 2 heterocycles. The molecule has 9 atom stereocenters. The highest BCUT2D eigenvalue weighted by molar-refractivity contribution is 5.89. The van der Waals surface area contributed by atoms with Crippen LogP contribution in [0.2, 0.25) is 0 Å². The van der Waals surface area contributed by atoms with Crippen LogP contribution >= 0.6 is 0 Å². The van der Waals surface area contributed by atoms with Crippen LogP contribution < -0.4 is 9.47 Å². The van der Waals surface area contributed by atoms with Crippen LogP contribution in [0.3, 0.4) is 0 Å². The number of aliphatic hydroxyl groups excluding tert-OH is 5. The van der Waals surface area contributed by atoms with Crippen LogP contribution in [0.5, 0.6) is 17.2 Å². The predicted molar refractivity (Wildman–Crippen MR) is 162 cm³/mol. The van der Waals surface area contributed by atoms with E-state index in [2.05, 4.69) is 0 Å². The zero-order valence-corrected chi connectivity index (χ0v) is 26.6. The third kappa shape index (κ3) is 8.64. The second kappa shape index (κ2) is 16.4. The highest BCUT2D eigenvalue weighted by Crippen LogP contribution is 2.39. The second-order valence-electron chi connectivity index (χ2n) is 11.0. The van der Waals surface area contributed by atoms with E-state index in [1.807, 2.05) is 0 Å². The summed E-state index contributed by atoms with van der Waals surface area (Å²) in [5, 5.41) is 63.7. The Morgan fingerprint density at radius 2 is 1.51 bits per heavy atom. The van der Waals surface area contributed by atoms with Crippen molar-refractivity contribution >= 4 is 24.0 Å². The van der Waals surface area contributed by atoms with Gasteiger partial charge in [-0.2, -0.15) is 0 Å². The Balaban J connectivity index is 1.56. The van der Waals surface area contributed by atoms with E-state index in [0.29, 0.717) is 5.56 Å². The zero-order valence-electron chi connectivity index (χ0n) is 26.6. The molecule has 0 spiro atoms. The topological polar surface area (TPSA) is 246 Å². The standard InChI is InChI=1S/C32H38O17/c1-16(34)44-14-22-26(38)29(47-23(35)10-9-17-11-19(42-2)24(36)20(12-17)43-3)32(15-33,48-22)49-31-28(40)27(39)25(37)21(46-31)13-45-30(41)18-7-5-4-6-8-18/h4-12,21-22,25-29,31,33,36-40H,13-15H2,1-3H3/b10-9+/t21-,22-,25-,26-,27+,28-,29+,31-,32+/m1/s1. The van der Waals surface area contributed by atoms with Crippen LogP contribution in [-0.2, 0) is 38.0 Å². The van der Waals surface area contributed by atoms with Crippen molar-refractivity contribution in [1.29, 1.82) is 0 Å². The first-order valence-electron chi connectivity index (χ1n) is 14.9. The Morgan fingerprint density at radius 3 is 2.10 bits per heavy atom. The summed E-state index contributed by atoms with van der Waals surface area (Å²) in [6.07, 6.45) is -12.0. The molecule has 17 heteroatoms. The Hall–Kier alpha value is -4.33. The quantitative estimate of drug-likeness (QED) is 0.0838. The Labute approximate surface area is 279 Å². The van der Waals surface area contributed by atoms with E-state index < -0.39 is 92.5 Å². The van der Waals surface area contributed by atoms with Crippen LogP contribution in [-0.4, -0.2) is 137 Å². The maximum absolute atomic E-state index is 13.0. The monoisotopic (exact) mass is 694 g/mol. The molecule has 0 radical (unpaired) electrons. The van der Waals surface area contributed by atoms with Crippen molar-refractivity contribution in [3.8, 4) is 17.2 Å². The highest BCUT2D eigenvalue weighted by atomic mass is 16.8. The van der Waals surface area contributed by atoms with Gasteiger partial charge in [-0.05, 0) is 35.9 Å². The Bertz CT molecular complexity index is 1460. The maximum atomic E-state index is 13.0. The van der Waals surface area contributed by atoms with E-state index in [-0.39, 0.29) is 22.8 Å². The van der Waals surface area contributed by atoms with Crippen LogP contribution in [0.25, 0.3) is 6.08 Å². The molecule has 0 amide bonds. The molecular weight excluding hydrogens is 656 g/mol. The molecule has 2 aliphatic heterocycles. The van der Waals surface area contributed by atoms with Crippen molar-refractivity contribution in [3.63, 3.8) is 0 Å². The summed E-state index contributed by atoms with van der Waals surface area (Å²) in [7, 11) is 2.62. The first-order chi connectivity index (χ1) is 23.3. The third-order valence-corrected chi connectivity index (χ3v) is 7.68. The number of methoxy groups -OCH3 is 2. The number of phenols is 1. The first kappa shape index (κ1) is 37.5. The van der Waals surface area contributed by atoms with Gasteiger partial charge < -0.3 is 68.5 Å². The second-order valence-corrected chi connectivity index (χ2v) is 11.0. The molecule has 49 heavy (non-hydrogen) atoms. The van der Waals surface area contributed by atoms with E-state index in [4.69, 9.17) is 37.9 Å². The van der Waals surface area contributed by atoms with Crippen molar-refractivity contribution in [2.75, 3.05) is 34.0 Å². The van der Waals surface area contributed by atoms with Gasteiger partial charge in [0.15, 0.2) is 23.9 Å². The molecule has 0 aromatic heterocycles. The zero-order chi connectivity index (χ0) is 35.9. The third-order valence-electron chi connectivity index (χ3n) is 7.68. The average molecular weight is 695 g/mol. The number of rotatable bonds is 13. The summed E-state index contributed by atoms with van der Waals surface area (Å²) in [6, 6.07) is 10.6. The fourth-order valence-corrected chi connectivity index (χ4v) is 5.10. The molecule has 2 aliphatic rings. The predicted octanol–water partition coefficient (Wildman–Crippen LogP) is -0.973. The molecule has 0 aliphatic carbocycles. The fourth-order valence-electron chi connectivity index (χ4n) is 5.10. The van der Waals surface area contributed by atoms with Gasteiger partial charge in [0.05, 0.1) is 19.8 Å². The summed E-state index contributed by atoms with van der Waals surface area (Å²) in [5.41, 5.74) is 0.518. The van der Waals surface area contributed by atoms with Crippen LogP contribution in [0.15, 0.2) is 48.5 Å². The van der Waals surface area contributed by atoms with Gasteiger partial charge in [-0.1, -0.05) is 18.2 Å². The van der Waals surface area contributed by atoms with Crippen LogP contribution in [0, 0.1) is 0 Å². The van der Waals surface area contributed by atoms with Crippen LogP contribution in [0.1, 0.15) is 22.8 Å². The van der Waals surface area contributed by atoms with Gasteiger partial charge in [0.25, 0.3) is 0 Å². The van der Waals surface area contributed by atoms with Crippen LogP contribution in [0.4, 0.5) is 0 Å². The van der Waals surface area contributed by atoms with E-state index >= 15 is 0 Å². The Morgan fingerprint density at radius 1 is 0.878 bits per heavy atom. The molecule has 268 valence electrons. The van der Waals surface area contributed by atoms with Gasteiger partial charge in [-0.25, -0.2) is 9.59 Å². The summed E-state index contributed by atoms with van der Waals surface area (Å²) < 4.78 is 42.9. The first-order valence-corrected chi connectivity index (χ1v) is 14.9. The lowest BCUT2D eigenvalue weighted by Crippen LogP contribution is -2.63. The van der Waals surface area contributed by atoms with E-state index in [1.165, 1.54) is 44.6 Å². The summed E-state index contributed by atoms with van der Waals surface area (Å²) in [5.74, 6) is -5.32. The summed E-state index contributed by atoms with van der Waals surface area (Å²) in [4.78, 5) is 37.0. The fraction of sp³-hybridized carbons (Fsp3) is 0.469. The lowest BCUT2D eigenvalue weighted by Gasteiger charge is -2.43. The summed E-state index contributed by atoms with van der Waals surface area (Å²) in [6.45, 7) is -1.24. The number of carbonyl (C=O) groups excluding carboxylic acids is 3. The molecule has 17 nitrogen and oxygen atoms in total. The van der Waals surface area contributed by atoms with E-state index in [0.717, 1.165) is 13.0 Å². The number of aliphatic hydroxyl groups is 5. The normalized spacial score (nSPS) is 29.7. The van der Waals surface area contributed by atoms with Gasteiger partial charge in [0.1, 0.15) is 56.4 Å². The minimum Gasteiger partial charge on any atom is -0.502 e. The molecule has 6 N–H and O–H groups in total. The minimum absolute atomic E-state index is 0.0412. The molecule has 4 rings (SSSR count). The van der Waals surface area contributed by atoms with Crippen molar-refractivity contribution in [2.24, 2.45) is 0 Å². The number of benzene rings is 2. The Kier molecular flexibility index (Phi) is 12.5. The lowest BCUT2D eigenvalue weighted by atomic mass is 9.98. The smallest absolute Gasteiger partial charge is 0.338 e. The van der Waals surface area contributed by atoms with Crippen molar-refractivity contribution < 1.29 is 82.9 Å². The molecule has 0 saturated carbocycles. The highest BCUT2D eigenvalue weighted by Gasteiger charge is 2.61. The number of hydrogen-bond acceptors (Lipinski definition) is 17. The summed E-state index contributed by atoms with van der Waals surface area (Å²) >= 11 is 0. The van der Waals surface area contributed by atoms with Crippen molar-refractivity contribution in [3.05, 3.63) is 59.7 Å². The number of phenolic OH excluding ortho intramolecular Hbond substituents is 1. The number of carbonyl (C=O) groups is 3. The van der Waals surface area contributed by atoms with Gasteiger partial charge >= 0.3 is 17.9 Å². The molecule has 2 aromatic carbocycles. The van der Waals surface area contributed by atoms with Gasteiger partial charge in [-0.15, -0.1) is 0 Å². The molecular formula is C32H38O17. The number of esters is 3. The maximum Gasteiger partial charge on any atom is 0.338 e.